The highest BCUT2D eigenvalue weighted by Crippen LogP contribution is 2.31. The molecule has 0 aromatic carbocycles. The summed E-state index contributed by atoms with van der Waals surface area (Å²) < 4.78 is 6.13. The van der Waals surface area contributed by atoms with Crippen molar-refractivity contribution in [3.63, 3.8) is 0 Å². The van der Waals surface area contributed by atoms with Gasteiger partial charge in [-0.1, -0.05) is 83.9 Å². The lowest BCUT2D eigenvalue weighted by Gasteiger charge is -2.34. The fourth-order valence-corrected chi connectivity index (χ4v) is 4.64. The maximum absolute atomic E-state index is 11.9. The molecule has 0 spiro atoms. The van der Waals surface area contributed by atoms with E-state index in [1.807, 2.05) is 0 Å². The van der Waals surface area contributed by atoms with Gasteiger partial charge >= 0.3 is 0 Å². The van der Waals surface area contributed by atoms with Crippen molar-refractivity contribution < 1.29 is 9.22 Å². The van der Waals surface area contributed by atoms with Crippen LogP contribution in [0.25, 0.3) is 0 Å². The van der Waals surface area contributed by atoms with Crippen LogP contribution in [0.3, 0.4) is 0 Å². The molecule has 0 aliphatic carbocycles. The lowest BCUT2D eigenvalue weighted by Crippen LogP contribution is -2.32. The van der Waals surface area contributed by atoms with Crippen LogP contribution in [0, 0.1) is 0 Å². The summed E-state index contributed by atoms with van der Waals surface area (Å²) in [4.78, 5) is 11.9. The normalized spacial score (nSPS) is 14.0. The van der Waals surface area contributed by atoms with E-state index in [0.717, 1.165) is 41.9 Å². The van der Waals surface area contributed by atoms with Crippen LogP contribution in [0.2, 0.25) is 0 Å². The van der Waals surface area contributed by atoms with Crippen LogP contribution in [0.1, 0.15) is 111 Å². The highest BCUT2D eigenvalue weighted by Gasteiger charge is 2.27. The Morgan fingerprint density at radius 2 is 1.42 bits per heavy atom. The van der Waals surface area contributed by atoms with Crippen molar-refractivity contribution >= 4 is 27.4 Å². The van der Waals surface area contributed by atoms with Crippen LogP contribution in [0.15, 0.2) is 0 Å². The Labute approximate surface area is 158 Å². The Kier molecular flexibility index (Phi) is 16.8. The quantitative estimate of drug-likeness (QED) is 0.238. The summed E-state index contributed by atoms with van der Waals surface area (Å²) in [5.74, 6) is 0.971. The minimum Gasteiger partial charge on any atom is -0.422 e. The minimum absolute atomic E-state index is 0.113. The van der Waals surface area contributed by atoms with Gasteiger partial charge < -0.3 is 4.43 Å². The second-order valence-electron chi connectivity index (χ2n) is 7.08. The molecule has 144 valence electrons. The van der Waals surface area contributed by atoms with Gasteiger partial charge in [0.15, 0.2) is 5.12 Å². The molecule has 1 unspecified atom stereocenters. The van der Waals surface area contributed by atoms with Crippen molar-refractivity contribution in [3.8, 4) is 0 Å². The predicted octanol–water partition coefficient (Wildman–Crippen LogP) is 5.80. The highest BCUT2D eigenvalue weighted by molar-refractivity contribution is 8.13. The first kappa shape index (κ1) is 24.2. The fourth-order valence-electron chi connectivity index (χ4n) is 3.23. The van der Waals surface area contributed by atoms with Crippen molar-refractivity contribution in [2.45, 2.75) is 116 Å². The molecule has 0 aliphatic rings. The maximum atomic E-state index is 11.9. The summed E-state index contributed by atoms with van der Waals surface area (Å²) in [5, 5.41) is 0.392. The number of thioether (sulfide) groups is 1. The molecule has 0 bridgehead atoms. The van der Waals surface area contributed by atoms with Crippen LogP contribution in [0.5, 0.6) is 0 Å². The molecule has 24 heavy (non-hydrogen) atoms. The van der Waals surface area contributed by atoms with E-state index in [9.17, 15) is 4.79 Å². The summed E-state index contributed by atoms with van der Waals surface area (Å²) >= 11 is 1.55. The fraction of sp³-hybridized carbons (Fsp3) is 0.950. The molecule has 0 radical (unpaired) electrons. The molecule has 0 fully saturated rings. The second kappa shape index (κ2) is 16.7. The van der Waals surface area contributed by atoms with Gasteiger partial charge in [-0.3, -0.25) is 4.79 Å². The summed E-state index contributed by atoms with van der Waals surface area (Å²) in [6.45, 7) is 6.73. The van der Waals surface area contributed by atoms with Gasteiger partial charge in [0.2, 0.25) is 0 Å². The molecular formula is C20H42O2SSi. The van der Waals surface area contributed by atoms with Gasteiger partial charge in [-0.25, -0.2) is 0 Å². The van der Waals surface area contributed by atoms with E-state index in [4.69, 9.17) is 4.43 Å². The first-order chi connectivity index (χ1) is 11.6. The van der Waals surface area contributed by atoms with E-state index < -0.39 is 0 Å². The Bertz CT molecular complexity index is 299. The van der Waals surface area contributed by atoms with E-state index in [0.29, 0.717) is 5.12 Å². The van der Waals surface area contributed by atoms with Gasteiger partial charge in [0.25, 0.3) is 0 Å². The van der Waals surface area contributed by atoms with Gasteiger partial charge in [0.05, 0.1) is 5.60 Å². The number of carbonyl (C=O) groups is 1. The molecule has 0 aliphatic heterocycles. The molecule has 0 rings (SSSR count). The standard InChI is InChI=1S/C20H42O2SSi/c1-4-7-10-11-14-19(21)23-18-13-17-20(22-24,15-9-6-3)16-12-8-5-2/h4-18H2,1-3,24H3. The van der Waals surface area contributed by atoms with Crippen LogP contribution >= 0.6 is 11.8 Å². The van der Waals surface area contributed by atoms with Crippen molar-refractivity contribution in [1.82, 2.24) is 0 Å². The van der Waals surface area contributed by atoms with Crippen LogP contribution < -0.4 is 0 Å². The third kappa shape index (κ3) is 12.5. The Hall–Kier alpha value is 0.197. The zero-order valence-corrected chi connectivity index (χ0v) is 19.6. The SMILES string of the molecule is CCCCCCC(=O)SCCCC(CCCC)(CCCCC)O[SiH3]. The largest absolute Gasteiger partial charge is 0.422 e. The molecule has 0 heterocycles. The molecule has 1 atom stereocenters. The molecule has 2 nitrogen and oxygen atoms in total. The number of rotatable bonds is 17. The first-order valence-corrected chi connectivity index (χ1v) is 12.1. The van der Waals surface area contributed by atoms with Crippen LogP contribution in [-0.4, -0.2) is 27.0 Å². The molecule has 0 saturated carbocycles. The lowest BCUT2D eigenvalue weighted by atomic mass is 9.86. The van der Waals surface area contributed by atoms with Crippen LogP contribution in [0.4, 0.5) is 0 Å². The highest BCUT2D eigenvalue weighted by atomic mass is 32.2. The Morgan fingerprint density at radius 3 is 2.04 bits per heavy atom. The average molecular weight is 375 g/mol. The number of unbranched alkanes of at least 4 members (excludes halogenated alkanes) is 6. The molecule has 0 aromatic heterocycles. The van der Waals surface area contributed by atoms with Crippen molar-refractivity contribution in [1.29, 1.82) is 0 Å². The summed E-state index contributed by atoms with van der Waals surface area (Å²) in [6, 6.07) is 0. The molecule has 0 amide bonds. The molecule has 0 N–H and O–H groups in total. The van der Waals surface area contributed by atoms with Gasteiger partial charge in [0.1, 0.15) is 10.5 Å². The van der Waals surface area contributed by atoms with Gasteiger partial charge in [-0.2, -0.15) is 0 Å². The summed E-state index contributed by atoms with van der Waals surface area (Å²) in [5.41, 5.74) is 0.113. The molecular weight excluding hydrogens is 332 g/mol. The van der Waals surface area contributed by atoms with Crippen molar-refractivity contribution in [3.05, 3.63) is 0 Å². The van der Waals surface area contributed by atoms with E-state index >= 15 is 0 Å². The van der Waals surface area contributed by atoms with Crippen molar-refractivity contribution in [2.75, 3.05) is 5.75 Å². The smallest absolute Gasteiger partial charge is 0.188 e. The van der Waals surface area contributed by atoms with Gasteiger partial charge in [0, 0.05) is 12.2 Å². The number of hydrogen-bond acceptors (Lipinski definition) is 3. The Morgan fingerprint density at radius 1 is 0.833 bits per heavy atom. The zero-order valence-electron chi connectivity index (χ0n) is 16.8. The number of hydrogen-bond donors (Lipinski definition) is 0. The van der Waals surface area contributed by atoms with E-state index in [1.54, 1.807) is 11.8 Å². The van der Waals surface area contributed by atoms with Gasteiger partial charge in [-0.15, -0.1) is 0 Å². The monoisotopic (exact) mass is 374 g/mol. The maximum Gasteiger partial charge on any atom is 0.188 e. The average Bonchev–Trinajstić information content (AvgIpc) is 2.60. The lowest BCUT2D eigenvalue weighted by molar-refractivity contribution is -0.111. The van der Waals surface area contributed by atoms with E-state index in [1.165, 1.54) is 64.2 Å². The second-order valence-corrected chi connectivity index (χ2v) is 8.64. The minimum atomic E-state index is 0.113. The third-order valence-corrected chi connectivity index (χ3v) is 6.81. The molecule has 0 aromatic rings. The van der Waals surface area contributed by atoms with Crippen molar-refractivity contribution in [2.24, 2.45) is 0 Å². The van der Waals surface area contributed by atoms with Gasteiger partial charge in [-0.05, 0) is 32.1 Å². The molecule has 4 heteroatoms. The zero-order chi connectivity index (χ0) is 18.1. The first-order valence-electron chi connectivity index (χ1n) is 10.3. The topological polar surface area (TPSA) is 26.3 Å². The predicted molar refractivity (Wildman–Crippen MR) is 113 cm³/mol. The third-order valence-electron chi connectivity index (χ3n) is 4.93. The van der Waals surface area contributed by atoms with Crippen LogP contribution in [-0.2, 0) is 9.22 Å². The van der Waals surface area contributed by atoms with E-state index in [2.05, 4.69) is 20.8 Å². The number of carbonyl (C=O) groups excluding carboxylic acids is 1. The Balaban J connectivity index is 4.08. The summed E-state index contributed by atoms with van der Waals surface area (Å²) in [6.07, 6.45) is 16.6. The summed E-state index contributed by atoms with van der Waals surface area (Å²) in [7, 11) is 0.824. The van der Waals surface area contributed by atoms with E-state index in [-0.39, 0.29) is 5.60 Å². The molecule has 0 saturated heterocycles.